The Labute approximate surface area is 179 Å². The van der Waals surface area contributed by atoms with Crippen LogP contribution >= 0.6 is 12.2 Å². The summed E-state index contributed by atoms with van der Waals surface area (Å²) in [6.45, 7) is 5.81. The minimum absolute atomic E-state index is 0.214. The Morgan fingerprint density at radius 2 is 2.00 bits per heavy atom. The minimum atomic E-state index is -0.235. The van der Waals surface area contributed by atoms with E-state index in [1.165, 1.54) is 0 Å². The van der Waals surface area contributed by atoms with Crippen LogP contribution in [0.3, 0.4) is 0 Å². The summed E-state index contributed by atoms with van der Waals surface area (Å²) in [5.41, 5.74) is 2.93. The molecular weight excluding hydrogens is 384 g/mol. The van der Waals surface area contributed by atoms with Gasteiger partial charge in [-0.1, -0.05) is 32.8 Å². The van der Waals surface area contributed by atoms with Crippen LogP contribution in [0.25, 0.3) is 0 Å². The molecule has 1 aliphatic carbocycles. The number of unbranched alkanes of at least 4 members (excludes halogenated alkanes) is 2. The van der Waals surface area contributed by atoms with Gasteiger partial charge < -0.3 is 19.7 Å². The number of methoxy groups -OCH3 is 1. The van der Waals surface area contributed by atoms with Crippen LogP contribution < -0.4 is 14.8 Å². The molecule has 5 nitrogen and oxygen atoms in total. The molecule has 1 aromatic carbocycles. The molecule has 6 heteroatoms. The average molecular weight is 417 g/mol. The summed E-state index contributed by atoms with van der Waals surface area (Å²) >= 11 is 5.66. The second-order valence-electron chi connectivity index (χ2n) is 7.64. The highest BCUT2D eigenvalue weighted by Gasteiger charge is 2.37. The third-order valence-corrected chi connectivity index (χ3v) is 5.87. The normalized spacial score (nSPS) is 19.1. The van der Waals surface area contributed by atoms with E-state index in [2.05, 4.69) is 24.1 Å². The van der Waals surface area contributed by atoms with Gasteiger partial charge in [0.25, 0.3) is 0 Å². The van der Waals surface area contributed by atoms with E-state index in [-0.39, 0.29) is 11.8 Å². The monoisotopic (exact) mass is 416 g/mol. The zero-order valence-electron chi connectivity index (χ0n) is 17.8. The lowest BCUT2D eigenvalue weighted by Gasteiger charge is -2.41. The van der Waals surface area contributed by atoms with Gasteiger partial charge in [0.2, 0.25) is 0 Å². The summed E-state index contributed by atoms with van der Waals surface area (Å²) in [6, 6.07) is 5.69. The van der Waals surface area contributed by atoms with Crippen LogP contribution in [0.5, 0.6) is 11.5 Å². The lowest BCUT2D eigenvalue weighted by molar-refractivity contribution is -0.116. The van der Waals surface area contributed by atoms with Gasteiger partial charge in [0, 0.05) is 24.2 Å². The van der Waals surface area contributed by atoms with Crippen molar-refractivity contribution in [3.05, 3.63) is 35.0 Å². The molecule has 0 spiro atoms. The molecule has 29 heavy (non-hydrogen) atoms. The lowest BCUT2D eigenvalue weighted by Crippen LogP contribution is -2.49. The molecule has 0 fully saturated rings. The SMILES string of the molecule is CCCCCOc1ccc(C2NC(=S)N(CCC)C3=C2C(=O)CCC3)cc1OC. The van der Waals surface area contributed by atoms with Crippen LogP contribution in [-0.4, -0.2) is 36.1 Å². The number of nitrogens with zero attached hydrogens (tertiary/aromatic N) is 1. The van der Waals surface area contributed by atoms with E-state index in [0.717, 1.165) is 67.7 Å². The Morgan fingerprint density at radius 1 is 1.17 bits per heavy atom. The molecule has 0 radical (unpaired) electrons. The Bertz CT molecular complexity index is 790. The number of ketones is 1. The van der Waals surface area contributed by atoms with Crippen LogP contribution in [0.15, 0.2) is 29.5 Å². The van der Waals surface area contributed by atoms with Crippen molar-refractivity contribution in [2.75, 3.05) is 20.3 Å². The largest absolute Gasteiger partial charge is 0.493 e. The molecule has 0 saturated carbocycles. The van der Waals surface area contributed by atoms with Crippen molar-refractivity contribution < 1.29 is 14.3 Å². The molecule has 1 atom stereocenters. The lowest BCUT2D eigenvalue weighted by atomic mass is 9.84. The van der Waals surface area contributed by atoms with E-state index < -0.39 is 0 Å². The van der Waals surface area contributed by atoms with Gasteiger partial charge in [-0.3, -0.25) is 4.79 Å². The maximum atomic E-state index is 12.9. The van der Waals surface area contributed by atoms with Gasteiger partial charge in [-0.25, -0.2) is 0 Å². The van der Waals surface area contributed by atoms with E-state index in [0.29, 0.717) is 23.9 Å². The van der Waals surface area contributed by atoms with E-state index >= 15 is 0 Å². The van der Waals surface area contributed by atoms with Crippen LogP contribution in [-0.2, 0) is 4.79 Å². The van der Waals surface area contributed by atoms with Crippen molar-refractivity contribution in [3.63, 3.8) is 0 Å². The fourth-order valence-corrected chi connectivity index (χ4v) is 4.40. The summed E-state index contributed by atoms with van der Waals surface area (Å²) in [7, 11) is 1.65. The third-order valence-electron chi connectivity index (χ3n) is 5.53. The number of thiocarbonyl (C=S) groups is 1. The first-order chi connectivity index (χ1) is 14.1. The number of Topliss-reactive ketones (excluding diaryl/α,β-unsaturated/α-hetero) is 1. The van der Waals surface area contributed by atoms with Crippen molar-refractivity contribution in [1.29, 1.82) is 0 Å². The highest BCUT2D eigenvalue weighted by molar-refractivity contribution is 7.80. The van der Waals surface area contributed by atoms with Gasteiger partial charge in [0.1, 0.15) is 0 Å². The van der Waals surface area contributed by atoms with Gasteiger partial charge in [-0.05, 0) is 55.6 Å². The van der Waals surface area contributed by atoms with Gasteiger partial charge in [-0.2, -0.15) is 0 Å². The molecule has 0 bridgehead atoms. The van der Waals surface area contributed by atoms with E-state index in [1.54, 1.807) is 7.11 Å². The number of carbonyl (C=O) groups is 1. The van der Waals surface area contributed by atoms with Crippen LogP contribution in [0.1, 0.15) is 70.4 Å². The second kappa shape index (κ2) is 10.1. The number of rotatable bonds is 9. The quantitative estimate of drug-likeness (QED) is 0.456. The smallest absolute Gasteiger partial charge is 0.173 e. The maximum Gasteiger partial charge on any atom is 0.173 e. The highest BCUT2D eigenvalue weighted by atomic mass is 32.1. The molecular formula is C23H32N2O3S. The van der Waals surface area contributed by atoms with Crippen molar-refractivity contribution >= 4 is 23.1 Å². The fraction of sp³-hybridized carbons (Fsp3) is 0.565. The predicted molar refractivity (Wildman–Crippen MR) is 119 cm³/mol. The molecule has 2 aliphatic rings. The molecule has 1 unspecified atom stereocenters. The first-order valence-electron chi connectivity index (χ1n) is 10.8. The molecule has 0 saturated heterocycles. The van der Waals surface area contributed by atoms with Crippen LogP contribution in [0, 0.1) is 0 Å². The summed E-state index contributed by atoms with van der Waals surface area (Å²) in [4.78, 5) is 15.0. The Balaban J connectivity index is 1.91. The van der Waals surface area contributed by atoms with Gasteiger partial charge >= 0.3 is 0 Å². The van der Waals surface area contributed by atoms with E-state index in [1.807, 2.05) is 18.2 Å². The number of hydrogen-bond acceptors (Lipinski definition) is 4. The number of allylic oxidation sites excluding steroid dienone is 1. The maximum absolute atomic E-state index is 12.9. The van der Waals surface area contributed by atoms with Crippen molar-refractivity contribution in [2.45, 2.75) is 64.8 Å². The third kappa shape index (κ3) is 4.74. The molecule has 3 rings (SSSR count). The molecule has 0 amide bonds. The van der Waals surface area contributed by atoms with E-state index in [9.17, 15) is 4.79 Å². The number of carbonyl (C=O) groups excluding carboxylic acids is 1. The summed E-state index contributed by atoms with van der Waals surface area (Å²) < 4.78 is 11.5. The first kappa shape index (κ1) is 21.6. The molecule has 0 aromatic heterocycles. The molecule has 1 aliphatic heterocycles. The standard InChI is InChI=1S/C23H32N2O3S/c1-4-6-7-14-28-19-12-11-16(15-20(19)27-3)22-21-17(9-8-10-18(21)26)25(13-5-2)23(29)24-22/h11-12,15,22H,4-10,13-14H2,1-3H3,(H,24,29). The van der Waals surface area contributed by atoms with Crippen LogP contribution in [0.2, 0.25) is 0 Å². The van der Waals surface area contributed by atoms with Crippen LogP contribution in [0.4, 0.5) is 0 Å². The average Bonchev–Trinajstić information content (AvgIpc) is 2.73. The minimum Gasteiger partial charge on any atom is -0.493 e. The van der Waals surface area contributed by atoms with Gasteiger partial charge in [0.05, 0.1) is 19.8 Å². The van der Waals surface area contributed by atoms with Crippen molar-refractivity contribution in [1.82, 2.24) is 10.2 Å². The number of benzene rings is 1. The number of hydrogen-bond donors (Lipinski definition) is 1. The fourth-order valence-electron chi connectivity index (χ4n) is 4.08. The first-order valence-corrected chi connectivity index (χ1v) is 11.2. The number of ether oxygens (including phenoxy) is 2. The van der Waals surface area contributed by atoms with Crippen molar-refractivity contribution in [3.8, 4) is 11.5 Å². The zero-order valence-corrected chi connectivity index (χ0v) is 18.6. The summed E-state index contributed by atoms with van der Waals surface area (Å²) in [5, 5.41) is 4.11. The highest BCUT2D eigenvalue weighted by Crippen LogP contribution is 2.39. The Kier molecular flexibility index (Phi) is 7.53. The van der Waals surface area contributed by atoms with E-state index in [4.69, 9.17) is 21.7 Å². The topological polar surface area (TPSA) is 50.8 Å². The summed E-state index contributed by atoms with van der Waals surface area (Å²) in [6.07, 6.45) is 6.70. The van der Waals surface area contributed by atoms with Gasteiger partial charge in [-0.15, -0.1) is 0 Å². The Hall–Kier alpha value is -2.08. The van der Waals surface area contributed by atoms with Crippen molar-refractivity contribution in [2.24, 2.45) is 0 Å². The zero-order chi connectivity index (χ0) is 20.8. The Morgan fingerprint density at radius 3 is 2.72 bits per heavy atom. The molecule has 1 N–H and O–H groups in total. The predicted octanol–water partition coefficient (Wildman–Crippen LogP) is 4.91. The molecule has 1 aromatic rings. The van der Waals surface area contributed by atoms with Gasteiger partial charge in [0.15, 0.2) is 22.4 Å². The molecule has 1 heterocycles. The second-order valence-corrected chi connectivity index (χ2v) is 8.02. The summed E-state index contributed by atoms with van der Waals surface area (Å²) in [5.74, 6) is 1.64. The number of nitrogens with one attached hydrogen (secondary N) is 1. The molecule has 158 valence electrons.